The lowest BCUT2D eigenvalue weighted by molar-refractivity contribution is 0.415. The van der Waals surface area contributed by atoms with Gasteiger partial charge in [-0.15, -0.1) is 0 Å². The van der Waals surface area contributed by atoms with E-state index in [0.29, 0.717) is 35.5 Å². The molecule has 3 N–H and O–H groups in total. The summed E-state index contributed by atoms with van der Waals surface area (Å²) in [5.41, 5.74) is 2.78. The van der Waals surface area contributed by atoms with Crippen molar-refractivity contribution in [1.29, 1.82) is 0 Å². The number of imidazole rings is 1. The number of nitrogens with zero attached hydrogens (tertiary/aromatic N) is 4. The molecule has 2 heterocycles. The molecule has 10 nitrogen and oxygen atoms in total. The zero-order valence-corrected chi connectivity index (χ0v) is 20.7. The average molecular weight is 494 g/mol. The molecule has 35 heavy (non-hydrogen) atoms. The van der Waals surface area contributed by atoms with Gasteiger partial charge in [0.15, 0.2) is 5.03 Å². The largest absolute Gasteiger partial charge is 0.497 e. The van der Waals surface area contributed by atoms with Crippen molar-refractivity contribution in [3.8, 4) is 5.75 Å². The monoisotopic (exact) mass is 493 g/mol. The number of methoxy groups -OCH3 is 1. The van der Waals surface area contributed by atoms with Crippen molar-refractivity contribution in [2.24, 2.45) is 0 Å². The molecule has 0 amide bonds. The zero-order chi connectivity index (χ0) is 25.0. The molecule has 0 saturated heterocycles. The molecule has 2 aromatic heterocycles. The first-order valence-corrected chi connectivity index (χ1v) is 12.4. The fourth-order valence-electron chi connectivity index (χ4n) is 3.40. The minimum atomic E-state index is -3.79. The van der Waals surface area contributed by atoms with E-state index in [9.17, 15) is 8.42 Å². The van der Waals surface area contributed by atoms with E-state index >= 15 is 0 Å². The Kier molecular flexibility index (Phi) is 6.87. The summed E-state index contributed by atoms with van der Waals surface area (Å²) < 4.78 is 34.9. The SMILES string of the molecule is CCn1cc(S(=O)(=O)Nc2ccc(Nc3nc(C)cc(Nc4ccc(OC)cc4)n3)cc2)nc1C. The third kappa shape index (κ3) is 5.87. The molecule has 182 valence electrons. The van der Waals surface area contributed by atoms with E-state index in [-0.39, 0.29) is 5.03 Å². The maximum Gasteiger partial charge on any atom is 0.280 e. The number of nitrogens with one attached hydrogen (secondary N) is 3. The fourth-order valence-corrected chi connectivity index (χ4v) is 4.47. The summed E-state index contributed by atoms with van der Waals surface area (Å²) in [6.45, 7) is 6.23. The van der Waals surface area contributed by atoms with E-state index in [4.69, 9.17) is 4.74 Å². The lowest BCUT2D eigenvalue weighted by Gasteiger charge is -2.11. The maximum absolute atomic E-state index is 12.7. The number of benzene rings is 2. The van der Waals surface area contributed by atoms with Gasteiger partial charge in [0.25, 0.3) is 10.0 Å². The van der Waals surface area contributed by atoms with Crippen molar-refractivity contribution in [3.63, 3.8) is 0 Å². The number of hydrogen-bond acceptors (Lipinski definition) is 8. The number of aromatic nitrogens is 4. The van der Waals surface area contributed by atoms with Crippen LogP contribution in [0.25, 0.3) is 0 Å². The Morgan fingerprint density at radius 2 is 1.51 bits per heavy atom. The standard InChI is InChI=1S/C24H27N7O3S/c1-5-31-15-23(26-17(31)3)35(32,33)30-20-8-6-19(7-9-20)28-24-25-16(2)14-22(29-24)27-18-10-12-21(34-4)13-11-18/h6-15,30H,5H2,1-4H3,(H2,25,27,28,29). The van der Waals surface area contributed by atoms with Crippen molar-refractivity contribution < 1.29 is 13.2 Å². The van der Waals surface area contributed by atoms with Gasteiger partial charge in [-0.25, -0.2) is 9.97 Å². The van der Waals surface area contributed by atoms with Crippen molar-refractivity contribution in [3.05, 3.63) is 72.3 Å². The molecule has 0 saturated carbocycles. The summed E-state index contributed by atoms with van der Waals surface area (Å²) in [5, 5.41) is 6.40. The normalized spacial score (nSPS) is 11.2. The van der Waals surface area contributed by atoms with E-state index in [2.05, 4.69) is 30.3 Å². The molecule has 0 spiro atoms. The smallest absolute Gasteiger partial charge is 0.280 e. The molecule has 2 aromatic carbocycles. The van der Waals surface area contributed by atoms with E-state index in [1.54, 1.807) is 42.9 Å². The Morgan fingerprint density at radius 3 is 2.14 bits per heavy atom. The van der Waals surface area contributed by atoms with E-state index in [1.807, 2.05) is 44.2 Å². The van der Waals surface area contributed by atoms with Crippen LogP contribution in [0.3, 0.4) is 0 Å². The number of ether oxygens (including phenoxy) is 1. The van der Waals surface area contributed by atoms with Crippen LogP contribution in [0, 0.1) is 13.8 Å². The minimum Gasteiger partial charge on any atom is -0.497 e. The van der Waals surface area contributed by atoms with Crippen LogP contribution in [-0.4, -0.2) is 35.0 Å². The molecule has 4 rings (SSSR count). The summed E-state index contributed by atoms with van der Waals surface area (Å²) in [5.74, 6) is 2.46. The second-order valence-electron chi connectivity index (χ2n) is 7.79. The second kappa shape index (κ2) is 10.0. The lowest BCUT2D eigenvalue weighted by atomic mass is 10.3. The molecule has 0 bridgehead atoms. The van der Waals surface area contributed by atoms with Gasteiger partial charge in [0.05, 0.1) is 7.11 Å². The number of aryl methyl sites for hydroxylation is 3. The minimum absolute atomic E-state index is 0.0101. The third-order valence-electron chi connectivity index (χ3n) is 5.18. The van der Waals surface area contributed by atoms with Gasteiger partial charge in [0.1, 0.15) is 17.4 Å². The van der Waals surface area contributed by atoms with Gasteiger partial charge in [-0.3, -0.25) is 4.72 Å². The summed E-state index contributed by atoms with van der Waals surface area (Å²) in [6.07, 6.45) is 1.53. The zero-order valence-electron chi connectivity index (χ0n) is 19.9. The van der Waals surface area contributed by atoms with Crippen LogP contribution in [-0.2, 0) is 16.6 Å². The number of sulfonamides is 1. The van der Waals surface area contributed by atoms with Crippen molar-refractivity contribution >= 4 is 38.9 Å². The first-order valence-electron chi connectivity index (χ1n) is 11.0. The first-order chi connectivity index (χ1) is 16.8. The average Bonchev–Trinajstić information content (AvgIpc) is 3.22. The Morgan fingerprint density at radius 1 is 0.886 bits per heavy atom. The molecule has 0 radical (unpaired) electrons. The van der Waals surface area contributed by atoms with Crippen LogP contribution in [0.5, 0.6) is 5.75 Å². The highest BCUT2D eigenvalue weighted by Gasteiger charge is 2.19. The Hall–Kier alpha value is -4.12. The lowest BCUT2D eigenvalue weighted by Crippen LogP contribution is -2.13. The van der Waals surface area contributed by atoms with Crippen LogP contribution < -0.4 is 20.1 Å². The summed E-state index contributed by atoms with van der Waals surface area (Å²) in [6, 6.07) is 16.2. The van der Waals surface area contributed by atoms with Gasteiger partial charge in [0, 0.05) is 41.6 Å². The van der Waals surface area contributed by atoms with Crippen LogP contribution >= 0.6 is 0 Å². The molecule has 0 aliphatic carbocycles. The molecular weight excluding hydrogens is 466 g/mol. The van der Waals surface area contributed by atoms with Crippen LogP contribution in [0.1, 0.15) is 18.4 Å². The van der Waals surface area contributed by atoms with Gasteiger partial charge < -0.3 is 19.9 Å². The highest BCUT2D eigenvalue weighted by Crippen LogP contribution is 2.23. The molecule has 0 unspecified atom stereocenters. The number of anilines is 5. The molecule has 0 atom stereocenters. The van der Waals surface area contributed by atoms with Crippen LogP contribution in [0.15, 0.2) is 65.8 Å². The Labute approximate surface area is 204 Å². The molecule has 11 heteroatoms. The highest BCUT2D eigenvalue weighted by molar-refractivity contribution is 7.92. The summed E-state index contributed by atoms with van der Waals surface area (Å²) in [4.78, 5) is 13.1. The fraction of sp³-hybridized carbons (Fsp3) is 0.208. The van der Waals surface area contributed by atoms with Crippen molar-refractivity contribution in [1.82, 2.24) is 19.5 Å². The van der Waals surface area contributed by atoms with Crippen molar-refractivity contribution in [2.75, 3.05) is 22.5 Å². The summed E-state index contributed by atoms with van der Waals surface area (Å²) >= 11 is 0. The Balaban J connectivity index is 1.45. The Bertz CT molecular complexity index is 1420. The predicted octanol–water partition coefficient (Wildman–Crippen LogP) is 4.61. The number of hydrogen-bond donors (Lipinski definition) is 3. The van der Waals surface area contributed by atoms with E-state index < -0.39 is 10.0 Å². The first kappa shape index (κ1) is 24.0. The molecular formula is C24H27N7O3S. The van der Waals surface area contributed by atoms with Crippen molar-refractivity contribution in [2.45, 2.75) is 32.3 Å². The predicted molar refractivity (Wildman–Crippen MR) is 136 cm³/mol. The topological polar surface area (TPSA) is 123 Å². The maximum atomic E-state index is 12.7. The van der Waals surface area contributed by atoms with Crippen LogP contribution in [0.2, 0.25) is 0 Å². The van der Waals surface area contributed by atoms with Gasteiger partial charge in [-0.1, -0.05) is 0 Å². The highest BCUT2D eigenvalue weighted by atomic mass is 32.2. The molecule has 4 aromatic rings. The van der Waals surface area contributed by atoms with Gasteiger partial charge in [-0.05, 0) is 69.3 Å². The van der Waals surface area contributed by atoms with E-state index in [1.165, 1.54) is 6.20 Å². The van der Waals surface area contributed by atoms with Gasteiger partial charge in [-0.2, -0.15) is 13.4 Å². The van der Waals surface area contributed by atoms with Gasteiger partial charge >= 0.3 is 0 Å². The molecule has 0 aliphatic heterocycles. The number of rotatable bonds is 9. The summed E-state index contributed by atoms with van der Waals surface area (Å²) in [7, 11) is -2.16. The molecule has 0 aliphatic rings. The molecule has 0 fully saturated rings. The quantitative estimate of drug-likeness (QED) is 0.309. The van der Waals surface area contributed by atoms with E-state index in [0.717, 1.165) is 17.1 Å². The van der Waals surface area contributed by atoms with Gasteiger partial charge in [0.2, 0.25) is 5.95 Å². The second-order valence-corrected chi connectivity index (χ2v) is 9.42. The third-order valence-corrected chi connectivity index (χ3v) is 6.43. The van der Waals surface area contributed by atoms with Crippen LogP contribution in [0.4, 0.5) is 28.8 Å².